The molecule has 4 nitrogen and oxygen atoms in total. The summed E-state index contributed by atoms with van der Waals surface area (Å²) in [7, 11) is 0. The minimum absolute atomic E-state index is 0.235. The summed E-state index contributed by atoms with van der Waals surface area (Å²) in [6.45, 7) is 13.4. The average molecular weight is 352 g/mol. The molecule has 3 atom stereocenters. The fraction of sp³-hybridized carbons (Fsp3) is 0.632. The van der Waals surface area contributed by atoms with Gasteiger partial charge in [0.1, 0.15) is 10.3 Å². The molecule has 0 saturated carbocycles. The number of carbonyl (C=O) groups excluding carboxylic acids is 1. The van der Waals surface area contributed by atoms with Crippen LogP contribution in [0, 0.1) is 12.8 Å². The highest BCUT2D eigenvalue weighted by Crippen LogP contribution is 2.40. The van der Waals surface area contributed by atoms with Crippen LogP contribution in [0.3, 0.4) is 0 Å². The third-order valence-electron chi connectivity index (χ3n) is 4.07. The van der Waals surface area contributed by atoms with Crippen molar-refractivity contribution in [3.8, 4) is 0 Å². The second-order valence-corrected chi connectivity index (χ2v) is 10.5. The topological polar surface area (TPSA) is 61.4 Å². The fourth-order valence-electron chi connectivity index (χ4n) is 2.95. The van der Waals surface area contributed by atoms with E-state index >= 15 is 0 Å². The van der Waals surface area contributed by atoms with Crippen LogP contribution in [0.1, 0.15) is 64.3 Å². The Morgan fingerprint density at radius 1 is 1.25 bits per heavy atom. The second-order valence-electron chi connectivity index (χ2n) is 8.47. The molecule has 0 aliphatic heterocycles. The van der Waals surface area contributed by atoms with E-state index in [1.165, 1.54) is 0 Å². The molecular weight excluding hydrogens is 322 g/mol. The van der Waals surface area contributed by atoms with Crippen LogP contribution in [-0.2, 0) is 27.3 Å². The van der Waals surface area contributed by atoms with Crippen molar-refractivity contribution in [2.45, 2.75) is 71.3 Å². The van der Waals surface area contributed by atoms with Gasteiger partial charge in [-0.2, -0.15) is 0 Å². The van der Waals surface area contributed by atoms with Gasteiger partial charge in [-0.15, -0.1) is 4.72 Å². The lowest BCUT2D eigenvalue weighted by Gasteiger charge is -2.30. The van der Waals surface area contributed by atoms with Crippen LogP contribution >= 0.6 is 0 Å². The minimum atomic E-state index is -1.26. The normalized spacial score (nSPS) is 22.2. The number of fused-ring (bicyclic) bond motifs is 1. The molecule has 134 valence electrons. The first-order chi connectivity index (χ1) is 10.9. The maximum atomic E-state index is 12.7. The summed E-state index contributed by atoms with van der Waals surface area (Å²) in [5, 5.41) is 0. The summed E-state index contributed by atoms with van der Waals surface area (Å²) in [4.78, 5) is 12.7. The first-order valence-electron chi connectivity index (χ1n) is 8.39. The van der Waals surface area contributed by atoms with Crippen LogP contribution in [0.15, 0.2) is 18.2 Å². The molecule has 2 rings (SSSR count). The summed E-state index contributed by atoms with van der Waals surface area (Å²) in [6, 6.07) is 5.80. The average Bonchev–Trinajstić information content (AvgIpc) is 2.76. The molecule has 0 radical (unpaired) electrons. The van der Waals surface area contributed by atoms with Gasteiger partial charge in [-0.1, -0.05) is 18.2 Å². The molecule has 0 amide bonds. The van der Waals surface area contributed by atoms with Gasteiger partial charge in [0.05, 0.1) is 12.0 Å². The smallest absolute Gasteiger partial charge is 0.311 e. The van der Waals surface area contributed by atoms with E-state index in [0.717, 1.165) is 16.7 Å². The van der Waals surface area contributed by atoms with E-state index in [1.807, 2.05) is 66.7 Å². The van der Waals surface area contributed by atoms with Crippen molar-refractivity contribution in [3.05, 3.63) is 34.9 Å². The first-order valence-corrected chi connectivity index (χ1v) is 9.54. The van der Waals surface area contributed by atoms with E-state index in [0.29, 0.717) is 6.42 Å². The molecule has 1 aliphatic carbocycles. The number of hydrogen-bond acceptors (Lipinski definition) is 4. The predicted molar refractivity (Wildman–Crippen MR) is 98.0 cm³/mol. The number of carbonyl (C=O) groups is 1. The van der Waals surface area contributed by atoms with Crippen LogP contribution in [-0.4, -0.2) is 20.9 Å². The molecule has 1 aromatic carbocycles. The van der Waals surface area contributed by atoms with Crippen LogP contribution in [0.2, 0.25) is 0 Å². The third-order valence-corrected chi connectivity index (χ3v) is 5.65. The number of ether oxygens (including phenoxy) is 1. The largest absolute Gasteiger partial charge is 0.598 e. The van der Waals surface area contributed by atoms with Crippen LogP contribution < -0.4 is 4.72 Å². The van der Waals surface area contributed by atoms with Gasteiger partial charge in [0.25, 0.3) is 0 Å². The number of nitrogens with one attached hydrogen (secondary N) is 1. The monoisotopic (exact) mass is 351 g/mol. The molecule has 1 unspecified atom stereocenters. The third kappa shape index (κ3) is 4.32. The molecular formula is C19H29NO3S. The zero-order valence-electron chi connectivity index (χ0n) is 15.7. The lowest BCUT2D eigenvalue weighted by Crippen LogP contribution is -2.44. The van der Waals surface area contributed by atoms with Gasteiger partial charge in [0, 0.05) is 11.4 Å². The Kier molecular flexibility index (Phi) is 5.38. The molecule has 1 aromatic rings. The minimum Gasteiger partial charge on any atom is -0.598 e. The second kappa shape index (κ2) is 6.70. The predicted octanol–water partition coefficient (Wildman–Crippen LogP) is 3.60. The van der Waals surface area contributed by atoms with Crippen LogP contribution in [0.4, 0.5) is 0 Å². The summed E-state index contributed by atoms with van der Waals surface area (Å²) in [6.07, 6.45) is 0.616. The van der Waals surface area contributed by atoms with Crippen molar-refractivity contribution < 1.29 is 14.1 Å². The fourth-order valence-corrected chi connectivity index (χ4v) is 3.82. The van der Waals surface area contributed by atoms with Gasteiger partial charge in [-0.25, -0.2) is 0 Å². The van der Waals surface area contributed by atoms with Crippen LogP contribution in [0.5, 0.6) is 0 Å². The molecule has 1 aliphatic rings. The lowest BCUT2D eigenvalue weighted by atomic mass is 9.98. The van der Waals surface area contributed by atoms with Gasteiger partial charge < -0.3 is 9.29 Å². The van der Waals surface area contributed by atoms with E-state index in [4.69, 9.17) is 4.74 Å². The van der Waals surface area contributed by atoms with E-state index in [2.05, 4.69) is 4.72 Å². The SMILES string of the molecule is Cc1cccc2c1[C@@H](N[S+]([O-])C(C)(C)C)[C@H](C(=O)OC(C)(C)C)C2. The van der Waals surface area contributed by atoms with Crippen molar-refractivity contribution in [1.82, 2.24) is 4.72 Å². The van der Waals surface area contributed by atoms with Crippen molar-refractivity contribution >= 4 is 17.3 Å². The summed E-state index contributed by atoms with van der Waals surface area (Å²) < 4.78 is 21.1. The first kappa shape index (κ1) is 19.3. The molecule has 1 N–H and O–H groups in total. The Morgan fingerprint density at radius 2 is 1.88 bits per heavy atom. The van der Waals surface area contributed by atoms with Gasteiger partial charge in [0.2, 0.25) is 0 Å². The van der Waals surface area contributed by atoms with Crippen molar-refractivity contribution in [2.75, 3.05) is 0 Å². The summed E-state index contributed by atoms with van der Waals surface area (Å²) >= 11 is -1.26. The maximum absolute atomic E-state index is 12.7. The molecule has 0 spiro atoms. The Bertz CT molecular complexity index is 616. The van der Waals surface area contributed by atoms with Crippen molar-refractivity contribution in [1.29, 1.82) is 0 Å². The number of benzene rings is 1. The quantitative estimate of drug-likeness (QED) is 0.668. The maximum Gasteiger partial charge on any atom is 0.311 e. The highest BCUT2D eigenvalue weighted by molar-refractivity contribution is 7.90. The van der Waals surface area contributed by atoms with E-state index in [9.17, 15) is 9.35 Å². The number of hydrogen-bond donors (Lipinski definition) is 1. The van der Waals surface area contributed by atoms with Gasteiger partial charge in [-0.05, 0) is 71.6 Å². The molecule has 0 fully saturated rings. The van der Waals surface area contributed by atoms with Gasteiger partial charge in [-0.3, -0.25) is 4.79 Å². The number of esters is 1. The molecule has 24 heavy (non-hydrogen) atoms. The van der Waals surface area contributed by atoms with Crippen molar-refractivity contribution in [2.24, 2.45) is 5.92 Å². The molecule has 0 aromatic heterocycles. The highest BCUT2D eigenvalue weighted by Gasteiger charge is 2.44. The lowest BCUT2D eigenvalue weighted by molar-refractivity contribution is -0.160. The summed E-state index contributed by atoms with van der Waals surface area (Å²) in [5.41, 5.74) is 2.80. The van der Waals surface area contributed by atoms with Crippen molar-refractivity contribution in [3.63, 3.8) is 0 Å². The summed E-state index contributed by atoms with van der Waals surface area (Å²) in [5.74, 6) is -0.590. The number of rotatable bonds is 3. The van der Waals surface area contributed by atoms with Crippen LogP contribution in [0.25, 0.3) is 0 Å². The Hall–Kier alpha value is -1.04. The standard InChI is InChI=1S/C19H29NO3S/c1-12-9-8-10-13-11-14(17(21)23-18(2,3)4)16(15(12)13)20-24(22)19(5,6)7/h8-10,14,16,20H,11H2,1-7H3/t14-,16+,24?/m1/s1. The van der Waals surface area contributed by atoms with Gasteiger partial charge in [0.15, 0.2) is 0 Å². The van der Waals surface area contributed by atoms with E-state index < -0.39 is 21.7 Å². The highest BCUT2D eigenvalue weighted by atomic mass is 32.2. The molecule has 0 saturated heterocycles. The molecule has 0 heterocycles. The molecule has 5 heteroatoms. The zero-order valence-corrected chi connectivity index (χ0v) is 16.5. The Labute approximate surface area is 148 Å². The van der Waals surface area contributed by atoms with Gasteiger partial charge >= 0.3 is 5.97 Å². The van der Waals surface area contributed by atoms with E-state index in [1.54, 1.807) is 0 Å². The zero-order chi connectivity index (χ0) is 18.3. The Morgan fingerprint density at radius 3 is 2.42 bits per heavy atom. The number of aryl methyl sites for hydroxylation is 1. The Balaban J connectivity index is 2.34. The van der Waals surface area contributed by atoms with E-state index in [-0.39, 0.29) is 17.9 Å². The molecule has 0 bridgehead atoms.